The van der Waals surface area contributed by atoms with Gasteiger partial charge in [0.05, 0.1) is 33.0 Å². The van der Waals surface area contributed by atoms with E-state index >= 15 is 0 Å². The fraction of sp³-hybridized carbons (Fsp3) is 0.143. The van der Waals surface area contributed by atoms with Crippen molar-refractivity contribution in [3.8, 4) is 23.0 Å². The third-order valence-corrected chi connectivity index (χ3v) is 3.43. The molecule has 2 aliphatic rings. The monoisotopic (exact) mass is 379 g/mol. The van der Waals surface area contributed by atoms with E-state index in [0.29, 0.717) is 11.5 Å². The molecular formula is C14H9N3O10. The number of non-ortho nitro benzene ring substituents is 1. The van der Waals surface area contributed by atoms with Crippen LogP contribution in [0.5, 0.6) is 23.0 Å². The van der Waals surface area contributed by atoms with Crippen LogP contribution in [0.2, 0.25) is 0 Å². The smallest absolute Gasteiger partial charge is 0.350 e. The molecule has 13 heteroatoms. The Kier molecular flexibility index (Phi) is 4.57. The van der Waals surface area contributed by atoms with Crippen molar-refractivity contribution in [3.05, 3.63) is 60.7 Å². The van der Waals surface area contributed by atoms with E-state index in [9.17, 15) is 30.3 Å². The van der Waals surface area contributed by atoms with Crippen LogP contribution < -0.4 is 18.9 Å². The summed E-state index contributed by atoms with van der Waals surface area (Å²) >= 11 is 0. The molecule has 0 radical (unpaired) electrons. The number of benzene rings is 2. The number of ether oxygens (including phenoxy) is 4. The van der Waals surface area contributed by atoms with Crippen LogP contribution in [0.15, 0.2) is 30.3 Å². The lowest BCUT2D eigenvalue weighted by Crippen LogP contribution is -1.96. The Bertz CT molecular complexity index is 904. The molecule has 0 aliphatic carbocycles. The molecule has 13 nitrogen and oxygen atoms in total. The van der Waals surface area contributed by atoms with E-state index in [4.69, 9.17) is 18.9 Å². The summed E-state index contributed by atoms with van der Waals surface area (Å²) in [6.45, 7) is 0.0458. The van der Waals surface area contributed by atoms with E-state index in [1.54, 1.807) is 0 Å². The van der Waals surface area contributed by atoms with E-state index < -0.39 is 26.1 Å². The van der Waals surface area contributed by atoms with Gasteiger partial charge in [-0.1, -0.05) is 0 Å². The highest BCUT2D eigenvalue weighted by atomic mass is 16.7. The van der Waals surface area contributed by atoms with Gasteiger partial charge in [-0.05, 0) is 6.07 Å². The molecule has 0 N–H and O–H groups in total. The van der Waals surface area contributed by atoms with Crippen molar-refractivity contribution >= 4 is 17.1 Å². The summed E-state index contributed by atoms with van der Waals surface area (Å²) in [6.07, 6.45) is 0. The first-order chi connectivity index (χ1) is 12.9. The molecule has 0 spiro atoms. The van der Waals surface area contributed by atoms with Crippen molar-refractivity contribution in [3.63, 3.8) is 0 Å². The number of nitrogens with zero attached hydrogens (tertiary/aromatic N) is 3. The number of hydrogen-bond acceptors (Lipinski definition) is 10. The van der Waals surface area contributed by atoms with Gasteiger partial charge >= 0.3 is 11.4 Å². The Balaban J connectivity index is 0.000000159. The number of nitro groups is 3. The molecule has 2 heterocycles. The first-order valence-corrected chi connectivity index (χ1v) is 7.13. The molecule has 2 aromatic carbocycles. The lowest BCUT2D eigenvalue weighted by atomic mass is 10.2. The highest BCUT2D eigenvalue weighted by Gasteiger charge is 2.30. The fourth-order valence-electron chi connectivity index (χ4n) is 2.21. The zero-order valence-corrected chi connectivity index (χ0v) is 13.2. The molecule has 140 valence electrons. The minimum absolute atomic E-state index is 0.0132. The lowest BCUT2D eigenvalue weighted by molar-refractivity contribution is -0.422. The van der Waals surface area contributed by atoms with Crippen molar-refractivity contribution in [2.45, 2.75) is 0 Å². The maximum atomic E-state index is 10.5. The van der Waals surface area contributed by atoms with E-state index in [1.807, 2.05) is 0 Å². The second-order valence-corrected chi connectivity index (χ2v) is 5.00. The maximum absolute atomic E-state index is 10.5. The van der Waals surface area contributed by atoms with Crippen molar-refractivity contribution in [2.24, 2.45) is 0 Å². The first-order valence-electron chi connectivity index (χ1n) is 7.13. The van der Waals surface area contributed by atoms with Crippen LogP contribution in [0.3, 0.4) is 0 Å². The van der Waals surface area contributed by atoms with E-state index in [1.165, 1.54) is 18.2 Å². The second kappa shape index (κ2) is 6.99. The third-order valence-electron chi connectivity index (χ3n) is 3.43. The summed E-state index contributed by atoms with van der Waals surface area (Å²) in [6, 6.07) is 6.23. The average Bonchev–Trinajstić information content (AvgIpc) is 3.28. The molecular weight excluding hydrogens is 370 g/mol. The van der Waals surface area contributed by atoms with Crippen LogP contribution in [-0.2, 0) is 0 Å². The first kappa shape index (κ1) is 17.7. The van der Waals surface area contributed by atoms with Gasteiger partial charge in [0.15, 0.2) is 23.0 Å². The average molecular weight is 379 g/mol. The Morgan fingerprint density at radius 3 is 1.52 bits per heavy atom. The summed E-state index contributed by atoms with van der Waals surface area (Å²) in [5.74, 6) is 1.28. The van der Waals surface area contributed by atoms with Gasteiger partial charge < -0.3 is 18.9 Å². The highest BCUT2D eigenvalue weighted by Crippen LogP contribution is 2.41. The van der Waals surface area contributed by atoms with Gasteiger partial charge in [-0.15, -0.1) is 0 Å². The predicted octanol–water partition coefficient (Wildman–Crippen LogP) is 2.56. The van der Waals surface area contributed by atoms with Crippen molar-refractivity contribution in [1.29, 1.82) is 0 Å². The normalized spacial score (nSPS) is 12.7. The Morgan fingerprint density at radius 1 is 0.630 bits per heavy atom. The second-order valence-electron chi connectivity index (χ2n) is 5.00. The lowest BCUT2D eigenvalue weighted by Gasteiger charge is -1.97. The topological polar surface area (TPSA) is 166 Å². The van der Waals surface area contributed by atoms with Crippen LogP contribution in [0.25, 0.3) is 0 Å². The van der Waals surface area contributed by atoms with E-state index in [0.717, 1.165) is 12.1 Å². The Labute approximate surface area is 149 Å². The predicted molar refractivity (Wildman–Crippen MR) is 85.1 cm³/mol. The zero-order chi connectivity index (χ0) is 19.6. The van der Waals surface area contributed by atoms with Crippen molar-refractivity contribution < 1.29 is 33.7 Å². The van der Waals surface area contributed by atoms with Gasteiger partial charge in [0.25, 0.3) is 5.69 Å². The summed E-state index contributed by atoms with van der Waals surface area (Å²) < 4.78 is 19.7. The minimum Gasteiger partial charge on any atom is -0.454 e. The molecule has 2 aromatic rings. The highest BCUT2D eigenvalue weighted by molar-refractivity contribution is 5.62. The molecule has 0 amide bonds. The van der Waals surface area contributed by atoms with Gasteiger partial charge in [0, 0.05) is 6.07 Å². The Morgan fingerprint density at radius 2 is 1.07 bits per heavy atom. The summed E-state index contributed by atoms with van der Waals surface area (Å²) in [4.78, 5) is 29.2. The fourth-order valence-corrected chi connectivity index (χ4v) is 2.21. The summed E-state index contributed by atoms with van der Waals surface area (Å²) in [5, 5.41) is 31.4. The maximum Gasteiger partial charge on any atom is 0.350 e. The molecule has 2 aliphatic heterocycles. The molecule has 0 saturated heterocycles. The van der Waals surface area contributed by atoms with E-state index in [2.05, 4.69) is 0 Å². The van der Waals surface area contributed by atoms with Crippen LogP contribution in [0.1, 0.15) is 0 Å². The van der Waals surface area contributed by atoms with Gasteiger partial charge in [-0.25, -0.2) is 0 Å². The number of fused-ring (bicyclic) bond motifs is 2. The van der Waals surface area contributed by atoms with Crippen LogP contribution >= 0.6 is 0 Å². The van der Waals surface area contributed by atoms with Gasteiger partial charge in [-0.3, -0.25) is 30.3 Å². The SMILES string of the molecule is O=[N+]([O-])c1cc2c(cc1[N+](=O)[O-])OCO2.O=[N+]([O-])c1ccc2c(c1)OCO2. The van der Waals surface area contributed by atoms with Gasteiger partial charge in [-0.2, -0.15) is 0 Å². The van der Waals surface area contributed by atoms with Crippen LogP contribution in [0, 0.1) is 30.3 Å². The van der Waals surface area contributed by atoms with Crippen molar-refractivity contribution in [2.75, 3.05) is 13.6 Å². The number of hydrogen-bond donors (Lipinski definition) is 0. The molecule has 4 rings (SSSR count). The van der Waals surface area contributed by atoms with Crippen LogP contribution in [-0.4, -0.2) is 28.4 Å². The quantitative estimate of drug-likeness (QED) is 0.571. The standard InChI is InChI=1S/C7H4N2O6.C7H5NO4/c10-8(11)4-1-6-7(15-3-14-6)2-5(4)9(12)13;9-8(10)5-1-2-6-7(3-5)12-4-11-6/h1-2H,3H2;1-3H,4H2. The number of nitro benzene ring substituents is 3. The number of rotatable bonds is 3. The molecule has 0 bridgehead atoms. The van der Waals surface area contributed by atoms with Gasteiger partial charge in [0.2, 0.25) is 13.6 Å². The molecule has 27 heavy (non-hydrogen) atoms. The molecule has 0 atom stereocenters. The third kappa shape index (κ3) is 3.60. The molecule has 0 saturated carbocycles. The Hall–Kier alpha value is -4.16. The van der Waals surface area contributed by atoms with E-state index in [-0.39, 0.29) is 30.8 Å². The molecule has 0 unspecified atom stereocenters. The summed E-state index contributed by atoms with van der Waals surface area (Å²) in [7, 11) is 0. The van der Waals surface area contributed by atoms with Crippen LogP contribution in [0.4, 0.5) is 17.1 Å². The van der Waals surface area contributed by atoms with Crippen molar-refractivity contribution in [1.82, 2.24) is 0 Å². The molecule has 0 aromatic heterocycles. The summed E-state index contributed by atoms with van der Waals surface area (Å²) in [5.41, 5.74) is -1.20. The molecule has 0 fully saturated rings. The minimum atomic E-state index is -0.833. The van der Waals surface area contributed by atoms with Gasteiger partial charge in [0.1, 0.15) is 0 Å². The zero-order valence-electron chi connectivity index (χ0n) is 13.2. The largest absolute Gasteiger partial charge is 0.454 e.